The number of aromatic nitrogens is 2. The molecule has 1 atom stereocenters. The molecule has 1 N–H and O–H groups in total. The first-order valence-electron chi connectivity index (χ1n) is 10.7. The number of anilines is 1. The van der Waals surface area contributed by atoms with Crippen LogP contribution in [0.5, 0.6) is 0 Å². The average Bonchev–Trinajstić information content (AvgIpc) is 3.18. The highest BCUT2D eigenvalue weighted by molar-refractivity contribution is 7.98. The number of hydrogen-bond donors (Lipinski definition) is 1. The number of imidazole rings is 1. The lowest BCUT2D eigenvalue weighted by molar-refractivity contribution is 0.254. The van der Waals surface area contributed by atoms with Crippen LogP contribution in [0, 0.1) is 0 Å². The lowest BCUT2D eigenvalue weighted by atomic mass is 10.1. The summed E-state index contributed by atoms with van der Waals surface area (Å²) in [4.78, 5) is 18.0. The van der Waals surface area contributed by atoms with Gasteiger partial charge in [-0.2, -0.15) is 0 Å². The molecule has 7 nitrogen and oxygen atoms in total. The van der Waals surface area contributed by atoms with E-state index in [9.17, 15) is 0 Å². The molecule has 0 fully saturated rings. The molecule has 0 bridgehead atoms. The lowest BCUT2D eigenvalue weighted by Gasteiger charge is -2.41. The molecule has 0 aliphatic carbocycles. The van der Waals surface area contributed by atoms with Crippen LogP contribution in [0.2, 0.25) is 0 Å². The van der Waals surface area contributed by atoms with Crippen molar-refractivity contribution in [2.75, 3.05) is 51.7 Å². The molecule has 0 saturated carbocycles. The molecule has 31 heavy (non-hydrogen) atoms. The Hall–Kier alpha value is -2.55. The number of guanidine groups is 1. The van der Waals surface area contributed by atoms with Gasteiger partial charge in [0.25, 0.3) is 0 Å². The van der Waals surface area contributed by atoms with E-state index in [0.717, 1.165) is 49.1 Å². The van der Waals surface area contributed by atoms with E-state index >= 15 is 0 Å². The molecule has 0 radical (unpaired) electrons. The Morgan fingerprint density at radius 2 is 1.94 bits per heavy atom. The van der Waals surface area contributed by atoms with Crippen molar-refractivity contribution < 1.29 is 0 Å². The number of fused-ring (bicyclic) bond motifs is 5. The lowest BCUT2D eigenvalue weighted by Crippen LogP contribution is -2.57. The standard InChI is InChI=1S/C23H29N7S/c1-27(2)13-6-14-28-15-24-22-26-21(17-9-11-18(31-3)12-10-17)30-20-8-5-4-7-19(20)25-23(30)29(22)16-28/h4-5,7-12,21H,6,13-16H2,1-3H3,(H,24,26)/t21-/m1/s1. The second-order valence-electron chi connectivity index (χ2n) is 8.33. The van der Waals surface area contributed by atoms with Gasteiger partial charge in [0.15, 0.2) is 0 Å². The summed E-state index contributed by atoms with van der Waals surface area (Å²) in [6.45, 7) is 3.61. The fraction of sp³-hybridized carbons (Fsp3) is 0.391. The summed E-state index contributed by atoms with van der Waals surface area (Å²) in [6, 6.07) is 17.1. The molecule has 0 spiro atoms. The summed E-state index contributed by atoms with van der Waals surface area (Å²) in [7, 11) is 4.24. The van der Waals surface area contributed by atoms with Crippen molar-refractivity contribution >= 4 is 34.7 Å². The van der Waals surface area contributed by atoms with E-state index in [1.807, 2.05) is 0 Å². The molecule has 0 amide bonds. The van der Waals surface area contributed by atoms with Gasteiger partial charge in [0.1, 0.15) is 6.17 Å². The average molecular weight is 436 g/mol. The van der Waals surface area contributed by atoms with Crippen LogP contribution in [0.25, 0.3) is 11.0 Å². The predicted octanol–water partition coefficient (Wildman–Crippen LogP) is 3.25. The number of nitrogens with one attached hydrogen (secondary N) is 1. The van der Waals surface area contributed by atoms with E-state index in [2.05, 4.69) is 93.5 Å². The van der Waals surface area contributed by atoms with Crippen LogP contribution in [-0.4, -0.2) is 72.1 Å². The number of para-hydroxylation sites is 2. The molecule has 8 heteroatoms. The van der Waals surface area contributed by atoms with Crippen molar-refractivity contribution in [1.82, 2.24) is 24.7 Å². The van der Waals surface area contributed by atoms with Crippen LogP contribution in [-0.2, 0) is 0 Å². The predicted molar refractivity (Wildman–Crippen MR) is 129 cm³/mol. The van der Waals surface area contributed by atoms with Crippen molar-refractivity contribution in [3.8, 4) is 0 Å². The van der Waals surface area contributed by atoms with Crippen LogP contribution in [0.1, 0.15) is 18.2 Å². The smallest absolute Gasteiger partial charge is 0.216 e. The van der Waals surface area contributed by atoms with E-state index in [-0.39, 0.29) is 6.17 Å². The second kappa shape index (κ2) is 8.53. The van der Waals surface area contributed by atoms with Gasteiger partial charge in [-0.05, 0) is 63.1 Å². The van der Waals surface area contributed by atoms with E-state index in [0.29, 0.717) is 6.67 Å². The number of nitrogens with zero attached hydrogens (tertiary/aromatic N) is 6. The molecule has 162 valence electrons. The molecule has 3 aromatic rings. The fourth-order valence-electron chi connectivity index (χ4n) is 4.28. The van der Waals surface area contributed by atoms with E-state index in [1.165, 1.54) is 10.5 Å². The maximum Gasteiger partial charge on any atom is 0.216 e. The minimum atomic E-state index is -0.0337. The molecule has 1 aromatic heterocycles. The Balaban J connectivity index is 1.51. The zero-order chi connectivity index (χ0) is 21.4. The van der Waals surface area contributed by atoms with Gasteiger partial charge >= 0.3 is 0 Å². The number of hydrogen-bond acceptors (Lipinski definition) is 7. The van der Waals surface area contributed by atoms with Gasteiger partial charge in [0, 0.05) is 11.4 Å². The molecule has 2 aromatic carbocycles. The maximum absolute atomic E-state index is 5.02. The van der Waals surface area contributed by atoms with E-state index < -0.39 is 0 Å². The summed E-state index contributed by atoms with van der Waals surface area (Å²) in [6.07, 6.45) is 3.20. The molecule has 3 heterocycles. The van der Waals surface area contributed by atoms with Crippen LogP contribution >= 0.6 is 11.8 Å². The van der Waals surface area contributed by atoms with Crippen LogP contribution in [0.3, 0.4) is 0 Å². The maximum atomic E-state index is 5.02. The highest BCUT2D eigenvalue weighted by atomic mass is 32.2. The quantitative estimate of drug-likeness (QED) is 0.600. The number of thioether (sulfide) groups is 1. The van der Waals surface area contributed by atoms with Gasteiger partial charge in [-0.15, -0.1) is 11.8 Å². The summed E-state index contributed by atoms with van der Waals surface area (Å²) in [5, 5.41) is 3.70. The highest BCUT2D eigenvalue weighted by Crippen LogP contribution is 2.34. The topological polar surface area (TPSA) is 51.9 Å². The number of benzene rings is 2. The Bertz CT molecular complexity index is 1090. The molecule has 2 aliphatic rings. The van der Waals surface area contributed by atoms with Crippen molar-refractivity contribution in [1.29, 1.82) is 0 Å². The first-order valence-corrected chi connectivity index (χ1v) is 11.9. The van der Waals surface area contributed by atoms with Gasteiger partial charge in [0.2, 0.25) is 11.9 Å². The molecule has 0 saturated heterocycles. The normalized spacial score (nSPS) is 18.6. The molecule has 2 aliphatic heterocycles. The van der Waals surface area contributed by atoms with E-state index in [4.69, 9.17) is 9.98 Å². The minimum absolute atomic E-state index is 0.0337. The minimum Gasteiger partial charge on any atom is -0.331 e. The van der Waals surface area contributed by atoms with Gasteiger partial charge in [-0.1, -0.05) is 24.3 Å². The Morgan fingerprint density at radius 3 is 2.71 bits per heavy atom. The Morgan fingerprint density at radius 1 is 1.13 bits per heavy atom. The Kier molecular flexibility index (Phi) is 5.60. The molecule has 5 rings (SSSR count). The summed E-state index contributed by atoms with van der Waals surface area (Å²) in [5.74, 6) is 1.86. The van der Waals surface area contributed by atoms with Crippen molar-refractivity contribution in [2.24, 2.45) is 4.99 Å². The molecular formula is C23H29N7S. The summed E-state index contributed by atoms with van der Waals surface area (Å²) in [5.41, 5.74) is 3.35. The Labute approximate surface area is 187 Å². The van der Waals surface area contributed by atoms with Crippen LogP contribution in [0.4, 0.5) is 5.95 Å². The summed E-state index contributed by atoms with van der Waals surface area (Å²) < 4.78 is 2.31. The monoisotopic (exact) mass is 435 g/mol. The SMILES string of the molecule is CSc1ccc([C@@H]2NC3=NCN(CCCN(C)C)CN3c3nc4ccccc4n32)cc1. The first-order chi connectivity index (χ1) is 15.1. The van der Waals surface area contributed by atoms with Gasteiger partial charge in [-0.3, -0.25) is 14.4 Å². The van der Waals surface area contributed by atoms with Crippen molar-refractivity contribution in [3.63, 3.8) is 0 Å². The van der Waals surface area contributed by atoms with Gasteiger partial charge in [0.05, 0.1) is 24.4 Å². The van der Waals surface area contributed by atoms with Gasteiger partial charge < -0.3 is 10.2 Å². The molecular weight excluding hydrogens is 406 g/mol. The van der Waals surface area contributed by atoms with Crippen LogP contribution < -0.4 is 10.2 Å². The largest absolute Gasteiger partial charge is 0.331 e. The summed E-state index contributed by atoms with van der Waals surface area (Å²) >= 11 is 1.76. The number of aliphatic imine (C=N–C) groups is 1. The second-order valence-corrected chi connectivity index (χ2v) is 9.21. The number of rotatable bonds is 6. The zero-order valence-electron chi connectivity index (χ0n) is 18.3. The highest BCUT2D eigenvalue weighted by Gasteiger charge is 2.35. The first kappa shape index (κ1) is 20.4. The van der Waals surface area contributed by atoms with Crippen LogP contribution in [0.15, 0.2) is 58.4 Å². The van der Waals surface area contributed by atoms with Crippen molar-refractivity contribution in [2.45, 2.75) is 17.5 Å². The zero-order valence-corrected chi connectivity index (χ0v) is 19.1. The van der Waals surface area contributed by atoms with Crippen molar-refractivity contribution in [3.05, 3.63) is 54.1 Å². The fourth-order valence-corrected chi connectivity index (χ4v) is 4.69. The third kappa shape index (κ3) is 3.91. The van der Waals surface area contributed by atoms with E-state index in [1.54, 1.807) is 11.8 Å². The third-order valence-electron chi connectivity index (χ3n) is 5.87. The molecule has 0 unspecified atom stereocenters. The third-order valence-corrected chi connectivity index (χ3v) is 6.61. The van der Waals surface area contributed by atoms with Gasteiger partial charge in [-0.25, -0.2) is 9.98 Å².